The molecule has 0 aromatic carbocycles. The lowest BCUT2D eigenvalue weighted by atomic mass is 9.44. The van der Waals surface area contributed by atoms with Gasteiger partial charge >= 0.3 is 11.9 Å². The van der Waals surface area contributed by atoms with Crippen LogP contribution in [0.15, 0.2) is 0 Å². The molecule has 4 bridgehead atoms. The first-order valence-electron chi connectivity index (χ1n) is 10.4. The molecular formula is C20H22N2O8. The summed E-state index contributed by atoms with van der Waals surface area (Å²) < 4.78 is 0. The number of imide groups is 2. The second-order valence-electron chi connectivity index (χ2n) is 9.44. The Morgan fingerprint density at radius 3 is 1.33 bits per heavy atom. The van der Waals surface area contributed by atoms with Crippen molar-refractivity contribution in [3.8, 4) is 0 Å². The molecule has 30 heavy (non-hydrogen) atoms. The molecule has 0 spiro atoms. The highest BCUT2D eigenvalue weighted by molar-refractivity contribution is 6.02. The van der Waals surface area contributed by atoms with E-state index >= 15 is 0 Å². The van der Waals surface area contributed by atoms with Gasteiger partial charge in [-0.25, -0.2) is 9.59 Å². The van der Waals surface area contributed by atoms with Gasteiger partial charge in [-0.15, -0.1) is 10.1 Å². The summed E-state index contributed by atoms with van der Waals surface area (Å²) in [6, 6.07) is 0. The highest BCUT2D eigenvalue weighted by atomic mass is 16.7. The van der Waals surface area contributed by atoms with Crippen molar-refractivity contribution in [2.75, 3.05) is 0 Å². The van der Waals surface area contributed by atoms with E-state index in [9.17, 15) is 28.8 Å². The quantitative estimate of drug-likeness (QED) is 0.613. The molecule has 2 saturated heterocycles. The van der Waals surface area contributed by atoms with Crippen molar-refractivity contribution in [1.82, 2.24) is 10.1 Å². The first-order chi connectivity index (χ1) is 14.2. The largest absolute Gasteiger partial charge is 0.339 e. The van der Waals surface area contributed by atoms with Gasteiger partial charge in [-0.1, -0.05) is 0 Å². The molecule has 10 heteroatoms. The monoisotopic (exact) mass is 418 g/mol. The lowest BCUT2D eigenvalue weighted by Gasteiger charge is -2.59. The van der Waals surface area contributed by atoms with Crippen molar-refractivity contribution in [1.29, 1.82) is 0 Å². The summed E-state index contributed by atoms with van der Waals surface area (Å²) in [7, 11) is 0. The number of amides is 4. The highest BCUT2D eigenvalue weighted by Gasteiger charge is 2.65. The van der Waals surface area contributed by atoms with Gasteiger partial charge in [0.25, 0.3) is 23.6 Å². The van der Waals surface area contributed by atoms with Crippen LogP contribution in [0.1, 0.15) is 64.2 Å². The number of carbonyl (C=O) groups is 6. The summed E-state index contributed by atoms with van der Waals surface area (Å²) in [5, 5.41) is 1.10. The Bertz CT molecular complexity index is 781. The first kappa shape index (κ1) is 19.2. The normalized spacial score (nSPS) is 37.3. The van der Waals surface area contributed by atoms with Gasteiger partial charge in [0.1, 0.15) is 0 Å². The van der Waals surface area contributed by atoms with Gasteiger partial charge in [-0.3, -0.25) is 19.2 Å². The third kappa shape index (κ3) is 2.76. The van der Waals surface area contributed by atoms with E-state index in [0.717, 1.165) is 6.42 Å². The number of rotatable bonds is 4. The molecule has 6 aliphatic rings. The Labute approximate surface area is 171 Å². The molecular weight excluding hydrogens is 396 g/mol. The molecule has 6 rings (SSSR count). The van der Waals surface area contributed by atoms with Gasteiger partial charge in [-0.2, -0.15) is 0 Å². The maximum atomic E-state index is 13.1. The van der Waals surface area contributed by atoms with E-state index in [1.165, 1.54) is 0 Å². The molecule has 0 N–H and O–H groups in total. The number of hydroxylamine groups is 4. The molecule has 2 aliphatic heterocycles. The van der Waals surface area contributed by atoms with Crippen LogP contribution in [0.4, 0.5) is 0 Å². The van der Waals surface area contributed by atoms with Crippen molar-refractivity contribution in [3.63, 3.8) is 0 Å². The van der Waals surface area contributed by atoms with Crippen LogP contribution in [0.3, 0.4) is 0 Å². The van der Waals surface area contributed by atoms with Gasteiger partial charge in [-0.05, 0) is 50.4 Å². The topological polar surface area (TPSA) is 127 Å². The van der Waals surface area contributed by atoms with Crippen LogP contribution >= 0.6 is 0 Å². The summed E-state index contributed by atoms with van der Waals surface area (Å²) in [5.41, 5.74) is -1.96. The van der Waals surface area contributed by atoms with E-state index in [0.29, 0.717) is 35.8 Å². The summed E-state index contributed by atoms with van der Waals surface area (Å²) in [5.74, 6) is -3.30. The van der Waals surface area contributed by atoms with E-state index in [1.807, 2.05) is 0 Å². The minimum Gasteiger partial charge on any atom is -0.330 e. The van der Waals surface area contributed by atoms with Gasteiger partial charge < -0.3 is 9.68 Å². The van der Waals surface area contributed by atoms with E-state index in [4.69, 9.17) is 9.68 Å². The van der Waals surface area contributed by atoms with Crippen LogP contribution < -0.4 is 0 Å². The lowest BCUT2D eigenvalue weighted by molar-refractivity contribution is -0.230. The van der Waals surface area contributed by atoms with Crippen molar-refractivity contribution < 1.29 is 38.4 Å². The third-order valence-corrected chi connectivity index (χ3v) is 7.29. The van der Waals surface area contributed by atoms with Crippen LogP contribution in [-0.2, 0) is 38.4 Å². The second kappa shape index (κ2) is 6.36. The summed E-state index contributed by atoms with van der Waals surface area (Å²) in [4.78, 5) is 84.1. The SMILES string of the molecule is O=C1CCC(=O)N1OC(=O)C12CC3CC(C1)CC(C(=O)ON1C(=O)CCC1=O)(C3)C2. The number of nitrogens with zero attached hydrogens (tertiary/aromatic N) is 2. The van der Waals surface area contributed by atoms with E-state index in [-0.39, 0.29) is 43.9 Å². The predicted molar refractivity (Wildman–Crippen MR) is 93.9 cm³/mol. The van der Waals surface area contributed by atoms with Crippen LogP contribution in [-0.4, -0.2) is 45.7 Å². The van der Waals surface area contributed by atoms with Crippen LogP contribution in [0.5, 0.6) is 0 Å². The zero-order valence-electron chi connectivity index (χ0n) is 16.4. The fourth-order valence-corrected chi connectivity index (χ4v) is 6.42. The fraction of sp³-hybridized carbons (Fsp3) is 0.700. The van der Waals surface area contributed by atoms with Crippen molar-refractivity contribution in [2.45, 2.75) is 64.2 Å². The maximum Gasteiger partial charge on any atom is 0.339 e. The zero-order chi connectivity index (χ0) is 21.3. The number of hydrogen-bond acceptors (Lipinski definition) is 8. The number of carbonyl (C=O) groups excluding carboxylic acids is 6. The average molecular weight is 418 g/mol. The van der Waals surface area contributed by atoms with Crippen LogP contribution in [0.25, 0.3) is 0 Å². The van der Waals surface area contributed by atoms with E-state index < -0.39 is 46.4 Å². The van der Waals surface area contributed by atoms with Gasteiger partial charge in [0.15, 0.2) is 0 Å². The smallest absolute Gasteiger partial charge is 0.330 e. The van der Waals surface area contributed by atoms with Crippen LogP contribution in [0, 0.1) is 22.7 Å². The van der Waals surface area contributed by atoms with E-state index in [2.05, 4.69) is 0 Å². The maximum absolute atomic E-state index is 13.1. The molecule has 4 amide bonds. The molecule has 10 nitrogen and oxygen atoms in total. The minimum atomic E-state index is -0.981. The Morgan fingerprint density at radius 1 is 0.667 bits per heavy atom. The molecule has 160 valence electrons. The van der Waals surface area contributed by atoms with Gasteiger partial charge in [0.05, 0.1) is 10.8 Å². The molecule has 0 radical (unpaired) electrons. The minimum absolute atomic E-state index is 0.0124. The van der Waals surface area contributed by atoms with Gasteiger partial charge in [0, 0.05) is 25.7 Å². The Kier molecular flexibility index (Phi) is 4.07. The number of hydrogen-bond donors (Lipinski definition) is 0. The summed E-state index contributed by atoms with van der Waals surface area (Å²) in [6.07, 6.45) is 3.19. The van der Waals surface area contributed by atoms with Crippen LogP contribution in [0.2, 0.25) is 0 Å². The second-order valence-corrected chi connectivity index (χ2v) is 9.44. The Hall–Kier alpha value is -2.78. The molecule has 0 aromatic rings. The molecule has 6 fully saturated rings. The van der Waals surface area contributed by atoms with Crippen molar-refractivity contribution in [2.24, 2.45) is 22.7 Å². The summed E-state index contributed by atoms with van der Waals surface area (Å²) >= 11 is 0. The standard InChI is InChI=1S/C20H22N2O8/c23-13-1-2-14(24)21(13)29-17(27)19-6-11-5-12(7-19)9-20(8-11,10-19)18(28)30-22-15(25)3-4-16(22)26/h11-12H,1-10H2. The molecule has 4 saturated carbocycles. The summed E-state index contributed by atoms with van der Waals surface area (Å²) in [6.45, 7) is 0. The van der Waals surface area contributed by atoms with Gasteiger partial charge in [0.2, 0.25) is 0 Å². The van der Waals surface area contributed by atoms with Crippen molar-refractivity contribution in [3.05, 3.63) is 0 Å². The molecule has 0 aromatic heterocycles. The van der Waals surface area contributed by atoms with E-state index in [1.54, 1.807) is 0 Å². The third-order valence-electron chi connectivity index (χ3n) is 7.29. The highest BCUT2D eigenvalue weighted by Crippen LogP contribution is 2.66. The molecule has 4 aliphatic carbocycles. The Balaban J connectivity index is 1.38. The van der Waals surface area contributed by atoms with Crippen molar-refractivity contribution >= 4 is 35.6 Å². The molecule has 2 heterocycles. The lowest BCUT2D eigenvalue weighted by Crippen LogP contribution is -2.59. The Morgan fingerprint density at radius 2 is 1.00 bits per heavy atom. The molecule has 0 atom stereocenters. The zero-order valence-corrected chi connectivity index (χ0v) is 16.4. The average Bonchev–Trinajstić information content (AvgIpc) is 3.17. The fourth-order valence-electron chi connectivity index (χ4n) is 6.42. The molecule has 0 unspecified atom stereocenters. The first-order valence-corrected chi connectivity index (χ1v) is 10.4. The predicted octanol–water partition coefficient (Wildman–Crippen LogP) is 0.787.